The standard InChI is InChI=1S/C16H19NO4/c18-15(10-21-9-11-4-2-1-3-5-11)17-12-6-7-14(17)13(8-12)16(19)20/h1-5,12-14H,6-10H2,(H,19,20). The monoisotopic (exact) mass is 289 g/mol. The Bertz CT molecular complexity index is 530. The molecule has 3 atom stereocenters. The van der Waals surface area contributed by atoms with Gasteiger partial charge in [0.15, 0.2) is 0 Å². The van der Waals surface area contributed by atoms with E-state index >= 15 is 0 Å². The molecular weight excluding hydrogens is 270 g/mol. The van der Waals surface area contributed by atoms with Crippen LogP contribution in [0.2, 0.25) is 0 Å². The Morgan fingerprint density at radius 1 is 1.24 bits per heavy atom. The summed E-state index contributed by atoms with van der Waals surface area (Å²) < 4.78 is 5.48. The van der Waals surface area contributed by atoms with E-state index in [-0.39, 0.29) is 24.6 Å². The van der Waals surface area contributed by atoms with Crippen molar-refractivity contribution in [2.45, 2.75) is 38.0 Å². The molecule has 1 aromatic rings. The number of nitrogens with zero attached hydrogens (tertiary/aromatic N) is 1. The normalized spacial score (nSPS) is 27.0. The van der Waals surface area contributed by atoms with Crippen LogP contribution in [0.1, 0.15) is 24.8 Å². The fraction of sp³-hybridized carbons (Fsp3) is 0.500. The Morgan fingerprint density at radius 3 is 2.67 bits per heavy atom. The Hall–Kier alpha value is -1.88. The van der Waals surface area contributed by atoms with E-state index in [1.54, 1.807) is 4.90 Å². The molecule has 21 heavy (non-hydrogen) atoms. The second-order valence-electron chi connectivity index (χ2n) is 5.76. The molecule has 0 spiro atoms. The minimum absolute atomic E-state index is 0.0221. The van der Waals surface area contributed by atoms with Crippen LogP contribution in [0.4, 0.5) is 0 Å². The molecule has 3 rings (SSSR count). The Morgan fingerprint density at radius 2 is 2.00 bits per heavy atom. The first-order valence-corrected chi connectivity index (χ1v) is 7.32. The lowest BCUT2D eigenvalue weighted by atomic mass is 9.89. The number of benzene rings is 1. The van der Waals surface area contributed by atoms with Gasteiger partial charge >= 0.3 is 5.97 Å². The van der Waals surface area contributed by atoms with Crippen LogP contribution in [0.5, 0.6) is 0 Å². The molecule has 112 valence electrons. The summed E-state index contributed by atoms with van der Waals surface area (Å²) in [5.74, 6) is -1.27. The fourth-order valence-corrected chi connectivity index (χ4v) is 3.55. The molecule has 0 radical (unpaired) electrons. The number of carboxylic acids is 1. The largest absolute Gasteiger partial charge is 0.481 e. The molecule has 3 unspecified atom stereocenters. The lowest BCUT2D eigenvalue weighted by molar-refractivity contribution is -0.143. The molecule has 2 aliphatic rings. The van der Waals surface area contributed by atoms with Crippen LogP contribution < -0.4 is 0 Å². The van der Waals surface area contributed by atoms with E-state index in [1.807, 2.05) is 30.3 Å². The van der Waals surface area contributed by atoms with Crippen LogP contribution in [0.3, 0.4) is 0 Å². The van der Waals surface area contributed by atoms with Gasteiger partial charge in [-0.25, -0.2) is 0 Å². The van der Waals surface area contributed by atoms with Crippen molar-refractivity contribution in [3.05, 3.63) is 35.9 Å². The van der Waals surface area contributed by atoms with Gasteiger partial charge in [0.1, 0.15) is 6.61 Å². The van der Waals surface area contributed by atoms with E-state index in [0.29, 0.717) is 13.0 Å². The quantitative estimate of drug-likeness (QED) is 0.895. The van der Waals surface area contributed by atoms with E-state index in [9.17, 15) is 14.7 Å². The second-order valence-corrected chi connectivity index (χ2v) is 5.76. The zero-order valence-electron chi connectivity index (χ0n) is 11.8. The van der Waals surface area contributed by atoms with Gasteiger partial charge in [-0.1, -0.05) is 30.3 Å². The molecule has 1 N–H and O–H groups in total. The highest BCUT2D eigenvalue weighted by molar-refractivity contribution is 5.81. The number of fused-ring (bicyclic) bond motifs is 2. The summed E-state index contributed by atoms with van der Waals surface area (Å²) in [6.45, 7) is 0.423. The maximum absolute atomic E-state index is 12.3. The fourth-order valence-electron chi connectivity index (χ4n) is 3.55. The summed E-state index contributed by atoms with van der Waals surface area (Å²) in [6, 6.07) is 9.64. The van der Waals surface area contributed by atoms with Crippen molar-refractivity contribution in [2.75, 3.05) is 6.61 Å². The number of carbonyl (C=O) groups excluding carboxylic acids is 1. The summed E-state index contributed by atoms with van der Waals surface area (Å²) in [4.78, 5) is 25.2. The van der Waals surface area contributed by atoms with Crippen LogP contribution in [-0.4, -0.2) is 40.6 Å². The molecule has 1 amide bonds. The summed E-state index contributed by atoms with van der Waals surface area (Å²) >= 11 is 0. The first-order valence-electron chi connectivity index (χ1n) is 7.32. The molecule has 5 heteroatoms. The van der Waals surface area contributed by atoms with E-state index in [1.165, 1.54) is 0 Å². The average molecular weight is 289 g/mol. The number of hydrogen-bond acceptors (Lipinski definition) is 3. The maximum atomic E-state index is 12.3. The van der Waals surface area contributed by atoms with E-state index < -0.39 is 11.9 Å². The van der Waals surface area contributed by atoms with Gasteiger partial charge in [-0.3, -0.25) is 9.59 Å². The van der Waals surface area contributed by atoms with Gasteiger partial charge < -0.3 is 14.7 Å². The molecule has 1 aromatic carbocycles. The van der Waals surface area contributed by atoms with Gasteiger partial charge in [0, 0.05) is 12.1 Å². The molecule has 2 fully saturated rings. The Kier molecular flexibility index (Phi) is 3.92. The van der Waals surface area contributed by atoms with Crippen LogP contribution in [-0.2, 0) is 20.9 Å². The summed E-state index contributed by atoms with van der Waals surface area (Å²) in [7, 11) is 0. The third-order valence-electron chi connectivity index (χ3n) is 4.48. The highest BCUT2D eigenvalue weighted by Crippen LogP contribution is 2.41. The smallest absolute Gasteiger partial charge is 0.308 e. The molecular formula is C16H19NO4. The maximum Gasteiger partial charge on any atom is 0.308 e. The highest BCUT2D eigenvalue weighted by atomic mass is 16.5. The van der Waals surface area contributed by atoms with E-state index in [2.05, 4.69) is 0 Å². The van der Waals surface area contributed by atoms with Crippen molar-refractivity contribution < 1.29 is 19.4 Å². The number of hydrogen-bond donors (Lipinski definition) is 1. The molecule has 0 saturated carbocycles. The Labute approximate surface area is 123 Å². The van der Waals surface area contributed by atoms with Crippen molar-refractivity contribution in [2.24, 2.45) is 5.92 Å². The predicted molar refractivity (Wildman–Crippen MR) is 75.5 cm³/mol. The summed E-state index contributed by atoms with van der Waals surface area (Å²) in [6.07, 6.45) is 2.30. The van der Waals surface area contributed by atoms with Crippen LogP contribution in [0.25, 0.3) is 0 Å². The molecule has 2 bridgehead atoms. The van der Waals surface area contributed by atoms with Gasteiger partial charge in [-0.2, -0.15) is 0 Å². The average Bonchev–Trinajstić information content (AvgIpc) is 3.06. The molecule has 5 nitrogen and oxygen atoms in total. The number of rotatable bonds is 5. The Balaban J connectivity index is 1.53. The van der Waals surface area contributed by atoms with Gasteiger partial charge in [0.2, 0.25) is 5.91 Å². The second kappa shape index (κ2) is 5.85. The van der Waals surface area contributed by atoms with Gasteiger partial charge in [-0.15, -0.1) is 0 Å². The first kappa shape index (κ1) is 14.1. The third kappa shape index (κ3) is 2.78. The predicted octanol–water partition coefficient (Wildman–Crippen LogP) is 1.67. The number of amides is 1. The SMILES string of the molecule is O=C(O)C1CC2CCC1N2C(=O)COCc1ccccc1. The van der Waals surface area contributed by atoms with Gasteiger partial charge in [-0.05, 0) is 24.8 Å². The van der Waals surface area contributed by atoms with Crippen molar-refractivity contribution in [3.63, 3.8) is 0 Å². The number of ether oxygens (including phenoxy) is 1. The van der Waals surface area contributed by atoms with Crippen LogP contribution in [0, 0.1) is 5.92 Å². The minimum Gasteiger partial charge on any atom is -0.481 e. The van der Waals surface area contributed by atoms with Crippen molar-refractivity contribution in [1.82, 2.24) is 4.90 Å². The lowest BCUT2D eigenvalue weighted by Crippen LogP contribution is -2.39. The minimum atomic E-state index is -0.787. The molecule has 2 heterocycles. The zero-order valence-corrected chi connectivity index (χ0v) is 11.8. The van der Waals surface area contributed by atoms with Gasteiger partial charge in [0.05, 0.1) is 12.5 Å². The van der Waals surface area contributed by atoms with E-state index in [4.69, 9.17) is 4.74 Å². The van der Waals surface area contributed by atoms with Crippen molar-refractivity contribution >= 4 is 11.9 Å². The van der Waals surface area contributed by atoms with Crippen LogP contribution >= 0.6 is 0 Å². The zero-order chi connectivity index (χ0) is 14.8. The van der Waals surface area contributed by atoms with Crippen molar-refractivity contribution in [3.8, 4) is 0 Å². The molecule has 0 aromatic heterocycles. The molecule has 0 aliphatic carbocycles. The van der Waals surface area contributed by atoms with Gasteiger partial charge in [0.25, 0.3) is 0 Å². The molecule has 2 saturated heterocycles. The number of carboxylic acid groups (broad SMARTS) is 1. The molecule has 2 aliphatic heterocycles. The number of carbonyl (C=O) groups is 2. The topological polar surface area (TPSA) is 66.8 Å². The van der Waals surface area contributed by atoms with Crippen LogP contribution in [0.15, 0.2) is 30.3 Å². The summed E-state index contributed by atoms with van der Waals surface area (Å²) in [5, 5.41) is 9.19. The lowest BCUT2D eigenvalue weighted by Gasteiger charge is -2.23. The summed E-state index contributed by atoms with van der Waals surface area (Å²) in [5.41, 5.74) is 1.03. The van der Waals surface area contributed by atoms with E-state index in [0.717, 1.165) is 18.4 Å². The first-order chi connectivity index (χ1) is 10.2. The third-order valence-corrected chi connectivity index (χ3v) is 4.48. The van der Waals surface area contributed by atoms with Crippen molar-refractivity contribution in [1.29, 1.82) is 0 Å². The highest BCUT2D eigenvalue weighted by Gasteiger charge is 2.51. The number of aliphatic carboxylic acids is 1.